The number of fused-ring (bicyclic) bond motifs is 1. The van der Waals surface area contributed by atoms with Gasteiger partial charge >= 0.3 is 0 Å². The first kappa shape index (κ1) is 17.4. The molecule has 0 aliphatic rings. The minimum Gasteiger partial charge on any atom is -0.278 e. The molecule has 0 bridgehead atoms. The van der Waals surface area contributed by atoms with Gasteiger partial charge in [0.15, 0.2) is 0 Å². The van der Waals surface area contributed by atoms with Crippen molar-refractivity contribution in [2.75, 3.05) is 4.72 Å². The molecule has 0 spiro atoms. The summed E-state index contributed by atoms with van der Waals surface area (Å²) in [7, 11) is -3.69. The van der Waals surface area contributed by atoms with Crippen LogP contribution >= 0.6 is 0 Å². The highest BCUT2D eigenvalue weighted by Crippen LogP contribution is 2.28. The van der Waals surface area contributed by atoms with E-state index in [1.165, 1.54) is 0 Å². The minimum atomic E-state index is -3.69. The lowest BCUT2D eigenvalue weighted by Gasteiger charge is -2.21. The smallest absolute Gasteiger partial charge is 0.262 e. The molecule has 2 aromatic carbocycles. The number of aromatic nitrogens is 1. The maximum Gasteiger partial charge on any atom is 0.262 e. The summed E-state index contributed by atoms with van der Waals surface area (Å²) in [6.45, 7) is 8.00. The van der Waals surface area contributed by atoms with Gasteiger partial charge in [-0.25, -0.2) is 8.42 Å². The number of benzene rings is 2. The molecule has 0 atom stereocenters. The largest absolute Gasteiger partial charge is 0.278 e. The highest BCUT2D eigenvalue weighted by molar-refractivity contribution is 7.92. The molecule has 1 aromatic heterocycles. The summed E-state index contributed by atoms with van der Waals surface area (Å²) < 4.78 is 28.5. The predicted molar refractivity (Wildman–Crippen MR) is 102 cm³/mol. The Morgan fingerprint density at radius 3 is 2.44 bits per heavy atom. The number of hydrogen-bond acceptors (Lipinski definition) is 3. The van der Waals surface area contributed by atoms with Gasteiger partial charge in [-0.3, -0.25) is 9.71 Å². The molecule has 0 saturated carbocycles. The highest BCUT2D eigenvalue weighted by Gasteiger charge is 2.21. The van der Waals surface area contributed by atoms with Crippen LogP contribution in [0.25, 0.3) is 10.9 Å². The molecule has 0 radical (unpaired) electrons. The van der Waals surface area contributed by atoms with Gasteiger partial charge in [-0.2, -0.15) is 0 Å². The molecule has 1 N–H and O–H groups in total. The number of sulfonamides is 1. The SMILES string of the molecule is Cc1ccc(C(C)(C)C)cc1S(=O)(=O)Nc1cnc2ccccc2c1. The van der Waals surface area contributed by atoms with Gasteiger partial charge in [-0.05, 0) is 41.7 Å². The van der Waals surface area contributed by atoms with E-state index in [1.54, 1.807) is 25.3 Å². The van der Waals surface area contributed by atoms with Gasteiger partial charge in [0.25, 0.3) is 10.0 Å². The number of pyridine rings is 1. The second-order valence-electron chi connectivity index (χ2n) is 7.25. The summed E-state index contributed by atoms with van der Waals surface area (Å²) in [5, 5.41) is 0.892. The van der Waals surface area contributed by atoms with Crippen LogP contribution in [0.3, 0.4) is 0 Å². The van der Waals surface area contributed by atoms with E-state index in [-0.39, 0.29) is 5.41 Å². The van der Waals surface area contributed by atoms with Crippen molar-refractivity contribution in [2.24, 2.45) is 0 Å². The fourth-order valence-corrected chi connectivity index (χ4v) is 4.00. The molecule has 25 heavy (non-hydrogen) atoms. The van der Waals surface area contributed by atoms with E-state index in [2.05, 4.69) is 30.5 Å². The molecule has 0 aliphatic heterocycles. The number of aryl methyl sites for hydroxylation is 1. The second kappa shape index (κ2) is 6.15. The highest BCUT2D eigenvalue weighted by atomic mass is 32.2. The van der Waals surface area contributed by atoms with E-state index >= 15 is 0 Å². The Labute approximate surface area is 149 Å². The fraction of sp³-hybridized carbons (Fsp3) is 0.250. The van der Waals surface area contributed by atoms with E-state index in [0.29, 0.717) is 16.1 Å². The molecule has 4 nitrogen and oxygen atoms in total. The maximum absolute atomic E-state index is 12.9. The Kier molecular flexibility index (Phi) is 4.29. The maximum atomic E-state index is 12.9. The molecule has 0 saturated heterocycles. The first-order valence-corrected chi connectivity index (χ1v) is 9.64. The summed E-state index contributed by atoms with van der Waals surface area (Å²) in [6, 6.07) is 15.0. The van der Waals surface area contributed by atoms with Gasteiger partial charge in [0.2, 0.25) is 0 Å². The summed E-state index contributed by atoms with van der Waals surface area (Å²) >= 11 is 0. The third-order valence-electron chi connectivity index (χ3n) is 4.19. The third-order valence-corrected chi connectivity index (χ3v) is 5.71. The van der Waals surface area contributed by atoms with Gasteiger partial charge in [-0.15, -0.1) is 0 Å². The van der Waals surface area contributed by atoms with Crippen molar-refractivity contribution in [3.63, 3.8) is 0 Å². The van der Waals surface area contributed by atoms with Crippen molar-refractivity contribution < 1.29 is 8.42 Å². The average molecular weight is 354 g/mol. The first-order valence-electron chi connectivity index (χ1n) is 8.15. The van der Waals surface area contributed by atoms with Crippen LogP contribution in [0, 0.1) is 6.92 Å². The number of para-hydroxylation sites is 1. The Morgan fingerprint density at radius 1 is 1.00 bits per heavy atom. The number of nitrogens with zero attached hydrogens (tertiary/aromatic N) is 1. The summed E-state index contributed by atoms with van der Waals surface area (Å²) in [4.78, 5) is 4.61. The van der Waals surface area contributed by atoms with Gasteiger partial charge in [0.05, 0.1) is 22.3 Å². The monoisotopic (exact) mass is 354 g/mol. The summed E-state index contributed by atoms with van der Waals surface area (Å²) in [5.74, 6) is 0. The lowest BCUT2D eigenvalue weighted by molar-refractivity contribution is 0.584. The van der Waals surface area contributed by atoms with Crippen LogP contribution < -0.4 is 4.72 Å². The van der Waals surface area contributed by atoms with Crippen LogP contribution in [0.4, 0.5) is 5.69 Å². The number of anilines is 1. The number of rotatable bonds is 3. The molecule has 0 unspecified atom stereocenters. The Morgan fingerprint density at radius 2 is 1.72 bits per heavy atom. The van der Waals surface area contributed by atoms with E-state index in [0.717, 1.165) is 16.5 Å². The zero-order valence-corrected chi connectivity index (χ0v) is 15.7. The quantitative estimate of drug-likeness (QED) is 0.745. The molecular weight excluding hydrogens is 332 g/mol. The molecule has 0 aliphatic carbocycles. The van der Waals surface area contributed by atoms with Crippen LogP contribution in [0.2, 0.25) is 0 Å². The molecule has 0 amide bonds. The van der Waals surface area contributed by atoms with Crippen molar-refractivity contribution in [3.05, 3.63) is 65.9 Å². The lowest BCUT2D eigenvalue weighted by Crippen LogP contribution is -2.17. The van der Waals surface area contributed by atoms with Crippen molar-refractivity contribution in [1.29, 1.82) is 0 Å². The van der Waals surface area contributed by atoms with Crippen molar-refractivity contribution in [2.45, 2.75) is 38.0 Å². The zero-order valence-electron chi connectivity index (χ0n) is 14.9. The van der Waals surface area contributed by atoms with Crippen molar-refractivity contribution in [1.82, 2.24) is 4.98 Å². The third kappa shape index (κ3) is 3.66. The molecule has 130 valence electrons. The van der Waals surface area contributed by atoms with Crippen LogP contribution in [0.15, 0.2) is 59.6 Å². The molecule has 3 aromatic rings. The number of nitrogens with one attached hydrogen (secondary N) is 1. The Balaban J connectivity index is 2.01. The first-order chi connectivity index (χ1) is 11.7. The topological polar surface area (TPSA) is 59.1 Å². The summed E-state index contributed by atoms with van der Waals surface area (Å²) in [5.41, 5.74) is 2.86. The van der Waals surface area contributed by atoms with Gasteiger partial charge in [-0.1, -0.05) is 51.1 Å². The van der Waals surface area contributed by atoms with Crippen LogP contribution in [-0.4, -0.2) is 13.4 Å². The second-order valence-corrected chi connectivity index (χ2v) is 8.90. The van der Waals surface area contributed by atoms with Crippen molar-refractivity contribution >= 4 is 26.6 Å². The van der Waals surface area contributed by atoms with Crippen LogP contribution in [-0.2, 0) is 15.4 Å². The van der Waals surface area contributed by atoms with Crippen LogP contribution in [0.5, 0.6) is 0 Å². The Hall–Kier alpha value is -2.40. The molecular formula is C20H22N2O2S. The van der Waals surface area contributed by atoms with Crippen molar-refractivity contribution in [3.8, 4) is 0 Å². The van der Waals surface area contributed by atoms with E-state index in [9.17, 15) is 8.42 Å². The van der Waals surface area contributed by atoms with Gasteiger partial charge < -0.3 is 0 Å². The minimum absolute atomic E-state index is 0.123. The summed E-state index contributed by atoms with van der Waals surface area (Å²) in [6.07, 6.45) is 1.54. The standard InChI is InChI=1S/C20H22N2O2S/c1-14-9-10-16(20(2,3)4)12-19(14)25(23,24)22-17-11-15-7-5-6-8-18(15)21-13-17/h5-13,22H,1-4H3. The number of hydrogen-bond donors (Lipinski definition) is 1. The zero-order chi connectivity index (χ0) is 18.2. The Bertz CT molecular complexity index is 1030. The van der Waals surface area contributed by atoms with Gasteiger partial charge in [0, 0.05) is 5.39 Å². The van der Waals surface area contributed by atoms with E-state index in [4.69, 9.17) is 0 Å². The average Bonchev–Trinajstić information content (AvgIpc) is 2.53. The fourth-order valence-electron chi connectivity index (χ4n) is 2.69. The van der Waals surface area contributed by atoms with Gasteiger partial charge in [0.1, 0.15) is 0 Å². The lowest BCUT2D eigenvalue weighted by atomic mass is 9.87. The molecule has 0 fully saturated rings. The normalized spacial score (nSPS) is 12.3. The van der Waals surface area contributed by atoms with E-state index < -0.39 is 10.0 Å². The molecule has 5 heteroatoms. The molecule has 1 heterocycles. The molecule has 3 rings (SSSR count). The van der Waals surface area contributed by atoms with Crippen LogP contribution in [0.1, 0.15) is 31.9 Å². The predicted octanol–water partition coefficient (Wildman–Crippen LogP) is 4.64. The van der Waals surface area contributed by atoms with E-state index in [1.807, 2.05) is 36.4 Å².